The van der Waals surface area contributed by atoms with Gasteiger partial charge < -0.3 is 5.32 Å². The van der Waals surface area contributed by atoms with Gasteiger partial charge in [0, 0.05) is 17.9 Å². The molecule has 4 rings (SSSR count). The van der Waals surface area contributed by atoms with Crippen LogP contribution in [0.2, 0.25) is 0 Å². The third kappa shape index (κ3) is 4.44. The van der Waals surface area contributed by atoms with E-state index in [1.807, 2.05) is 32.0 Å². The molecule has 0 saturated heterocycles. The SMILES string of the molecule is Cc1cc(C)cc(-n2c(SCC(=O)Nc3cccc(F)c3)nc3c(c2=O)SCC3)c1. The van der Waals surface area contributed by atoms with Crippen LogP contribution in [0.25, 0.3) is 5.69 Å². The van der Waals surface area contributed by atoms with Crippen molar-refractivity contribution in [3.05, 3.63) is 75.5 Å². The van der Waals surface area contributed by atoms with Crippen molar-refractivity contribution >= 4 is 35.1 Å². The quantitative estimate of drug-likeness (QED) is 0.471. The van der Waals surface area contributed by atoms with Gasteiger partial charge in [0.25, 0.3) is 5.56 Å². The number of hydrogen-bond donors (Lipinski definition) is 1. The number of halogens is 1. The molecule has 0 spiro atoms. The van der Waals surface area contributed by atoms with Crippen molar-refractivity contribution in [3.63, 3.8) is 0 Å². The Morgan fingerprint density at radius 1 is 1.23 bits per heavy atom. The topological polar surface area (TPSA) is 64.0 Å². The smallest absolute Gasteiger partial charge is 0.272 e. The van der Waals surface area contributed by atoms with Crippen molar-refractivity contribution in [2.75, 3.05) is 16.8 Å². The van der Waals surface area contributed by atoms with Gasteiger partial charge in [-0.1, -0.05) is 23.9 Å². The zero-order chi connectivity index (χ0) is 21.3. The van der Waals surface area contributed by atoms with E-state index < -0.39 is 5.82 Å². The summed E-state index contributed by atoms with van der Waals surface area (Å²) in [7, 11) is 0. The molecule has 5 nitrogen and oxygen atoms in total. The van der Waals surface area contributed by atoms with Crippen LogP contribution in [0.15, 0.2) is 57.3 Å². The molecule has 1 aliphatic heterocycles. The molecule has 1 amide bonds. The molecule has 0 fully saturated rings. The van der Waals surface area contributed by atoms with Crippen LogP contribution in [0.5, 0.6) is 0 Å². The van der Waals surface area contributed by atoms with Crippen molar-refractivity contribution < 1.29 is 9.18 Å². The minimum absolute atomic E-state index is 0.0552. The fourth-order valence-corrected chi connectivity index (χ4v) is 5.24. The summed E-state index contributed by atoms with van der Waals surface area (Å²) in [6.07, 6.45) is 0.742. The summed E-state index contributed by atoms with van der Waals surface area (Å²) in [5, 5.41) is 3.17. The molecule has 0 bridgehead atoms. The van der Waals surface area contributed by atoms with E-state index in [9.17, 15) is 14.0 Å². The molecular formula is C22H20FN3O2S2. The van der Waals surface area contributed by atoms with Gasteiger partial charge in [0.15, 0.2) is 5.16 Å². The molecule has 0 aliphatic carbocycles. The first-order chi connectivity index (χ1) is 14.4. The van der Waals surface area contributed by atoms with Crippen LogP contribution in [0.3, 0.4) is 0 Å². The summed E-state index contributed by atoms with van der Waals surface area (Å²) >= 11 is 2.73. The number of anilines is 1. The van der Waals surface area contributed by atoms with E-state index in [1.54, 1.807) is 10.6 Å². The lowest BCUT2D eigenvalue weighted by molar-refractivity contribution is -0.113. The van der Waals surface area contributed by atoms with Crippen LogP contribution in [0, 0.1) is 19.7 Å². The lowest BCUT2D eigenvalue weighted by Crippen LogP contribution is -2.25. The number of carbonyl (C=O) groups excluding carboxylic acids is 1. The molecule has 2 aromatic carbocycles. The summed E-state index contributed by atoms with van der Waals surface area (Å²) in [5.74, 6) is 0.182. The van der Waals surface area contributed by atoms with Crippen molar-refractivity contribution in [3.8, 4) is 5.69 Å². The van der Waals surface area contributed by atoms with Gasteiger partial charge in [-0.15, -0.1) is 11.8 Å². The van der Waals surface area contributed by atoms with Crippen LogP contribution in [0.4, 0.5) is 10.1 Å². The molecule has 0 radical (unpaired) electrons. The number of hydrogen-bond acceptors (Lipinski definition) is 5. The Hall–Kier alpha value is -2.58. The maximum absolute atomic E-state index is 13.3. The Kier molecular flexibility index (Phi) is 5.97. The van der Waals surface area contributed by atoms with Crippen LogP contribution < -0.4 is 10.9 Å². The predicted molar refractivity (Wildman–Crippen MR) is 119 cm³/mol. The molecule has 1 aromatic heterocycles. The third-order valence-electron chi connectivity index (χ3n) is 4.57. The molecule has 2 heterocycles. The Morgan fingerprint density at radius 3 is 2.73 bits per heavy atom. The maximum Gasteiger partial charge on any atom is 0.272 e. The van der Waals surface area contributed by atoms with Gasteiger partial charge in [-0.05, 0) is 55.3 Å². The average Bonchev–Trinajstić information content (AvgIpc) is 3.14. The summed E-state index contributed by atoms with van der Waals surface area (Å²) in [4.78, 5) is 31.0. The minimum Gasteiger partial charge on any atom is -0.325 e. The molecule has 0 atom stereocenters. The molecule has 1 N–H and O–H groups in total. The van der Waals surface area contributed by atoms with E-state index in [2.05, 4.69) is 5.32 Å². The minimum atomic E-state index is -0.415. The fraction of sp³-hybridized carbons (Fsp3) is 0.227. The Bertz CT molecular complexity index is 1170. The number of nitrogens with one attached hydrogen (secondary N) is 1. The van der Waals surface area contributed by atoms with Crippen molar-refractivity contribution in [1.29, 1.82) is 0 Å². The van der Waals surface area contributed by atoms with E-state index >= 15 is 0 Å². The molecule has 8 heteroatoms. The molecule has 154 valence electrons. The zero-order valence-electron chi connectivity index (χ0n) is 16.6. The van der Waals surface area contributed by atoms with Crippen LogP contribution in [-0.4, -0.2) is 27.0 Å². The number of aryl methyl sites for hydroxylation is 3. The number of nitrogens with zero attached hydrogens (tertiary/aromatic N) is 2. The second-order valence-corrected chi connectivity index (χ2v) is 9.15. The number of fused-ring (bicyclic) bond motifs is 1. The van der Waals surface area contributed by atoms with E-state index in [0.717, 1.165) is 34.7 Å². The summed E-state index contributed by atoms with van der Waals surface area (Å²) in [5.41, 5.74) is 3.92. The summed E-state index contributed by atoms with van der Waals surface area (Å²) in [6, 6.07) is 11.7. The van der Waals surface area contributed by atoms with Gasteiger partial charge in [-0.3, -0.25) is 14.2 Å². The van der Waals surface area contributed by atoms with Gasteiger partial charge >= 0.3 is 0 Å². The normalized spacial score (nSPS) is 12.6. The first-order valence-electron chi connectivity index (χ1n) is 9.46. The molecule has 3 aromatic rings. The highest BCUT2D eigenvalue weighted by Crippen LogP contribution is 2.30. The van der Waals surface area contributed by atoms with E-state index in [4.69, 9.17) is 4.98 Å². The highest BCUT2D eigenvalue weighted by Gasteiger charge is 2.23. The van der Waals surface area contributed by atoms with Gasteiger partial charge in [0.05, 0.1) is 22.0 Å². The number of aromatic nitrogens is 2. The van der Waals surface area contributed by atoms with Gasteiger partial charge in [0.1, 0.15) is 5.82 Å². The van der Waals surface area contributed by atoms with Crippen molar-refractivity contribution in [1.82, 2.24) is 9.55 Å². The maximum atomic E-state index is 13.3. The average molecular weight is 442 g/mol. The summed E-state index contributed by atoms with van der Waals surface area (Å²) < 4.78 is 14.9. The molecule has 1 aliphatic rings. The number of benzene rings is 2. The van der Waals surface area contributed by atoms with Crippen molar-refractivity contribution in [2.24, 2.45) is 0 Å². The standard InChI is InChI=1S/C22H20FN3O2S2/c1-13-8-14(2)10-17(9-13)26-21(28)20-18(6-7-29-20)25-22(26)30-12-19(27)24-16-5-3-4-15(23)11-16/h3-5,8-11H,6-7,12H2,1-2H3,(H,24,27). The van der Waals surface area contributed by atoms with E-state index in [-0.39, 0.29) is 17.2 Å². The van der Waals surface area contributed by atoms with Gasteiger partial charge in [0.2, 0.25) is 5.91 Å². The molecule has 0 unspecified atom stereocenters. The van der Waals surface area contributed by atoms with Gasteiger partial charge in [-0.2, -0.15) is 0 Å². The highest BCUT2D eigenvalue weighted by atomic mass is 32.2. The molecular weight excluding hydrogens is 421 g/mol. The fourth-order valence-electron chi connectivity index (χ4n) is 3.39. The number of amides is 1. The van der Waals surface area contributed by atoms with Crippen molar-refractivity contribution in [2.45, 2.75) is 30.3 Å². The lowest BCUT2D eigenvalue weighted by atomic mass is 10.1. The zero-order valence-corrected chi connectivity index (χ0v) is 18.2. The number of thioether (sulfide) groups is 2. The lowest BCUT2D eigenvalue weighted by Gasteiger charge is -2.15. The second-order valence-electron chi connectivity index (χ2n) is 7.10. The first-order valence-corrected chi connectivity index (χ1v) is 11.4. The monoisotopic (exact) mass is 441 g/mol. The van der Waals surface area contributed by atoms with Crippen LogP contribution in [0.1, 0.15) is 16.8 Å². The van der Waals surface area contributed by atoms with E-state index in [0.29, 0.717) is 15.7 Å². The van der Waals surface area contributed by atoms with E-state index in [1.165, 1.54) is 41.7 Å². The number of carbonyl (C=O) groups is 1. The Morgan fingerprint density at radius 2 is 2.00 bits per heavy atom. The first kappa shape index (κ1) is 20.7. The Balaban J connectivity index is 1.64. The highest BCUT2D eigenvalue weighted by molar-refractivity contribution is 8.00. The predicted octanol–water partition coefficient (Wildman–Crippen LogP) is 4.37. The van der Waals surface area contributed by atoms with Crippen LogP contribution >= 0.6 is 23.5 Å². The third-order valence-corrected chi connectivity index (χ3v) is 6.62. The van der Waals surface area contributed by atoms with Gasteiger partial charge in [-0.25, -0.2) is 9.37 Å². The molecule has 0 saturated carbocycles. The largest absolute Gasteiger partial charge is 0.325 e. The summed E-state index contributed by atoms with van der Waals surface area (Å²) in [6.45, 7) is 3.96. The molecule has 30 heavy (non-hydrogen) atoms. The second kappa shape index (κ2) is 8.65. The Labute approximate surface area is 182 Å². The van der Waals surface area contributed by atoms with Crippen LogP contribution in [-0.2, 0) is 11.2 Å². The number of rotatable bonds is 5.